The molecule has 40 valence electrons. The van der Waals surface area contributed by atoms with Crippen molar-refractivity contribution in [2.75, 3.05) is 12.9 Å². The molecule has 0 aromatic carbocycles. The summed E-state index contributed by atoms with van der Waals surface area (Å²) < 4.78 is 4.47. The smallest absolute Gasteiger partial charge is 0.188 e. The van der Waals surface area contributed by atoms with Gasteiger partial charge in [-0.25, -0.2) is 4.79 Å². The van der Waals surface area contributed by atoms with Gasteiger partial charge < -0.3 is 4.74 Å². The van der Waals surface area contributed by atoms with Crippen molar-refractivity contribution >= 4 is 18.6 Å². The fourth-order valence-electron chi connectivity index (χ4n) is 0.138. The van der Waals surface area contributed by atoms with Crippen LogP contribution in [0.1, 0.15) is 0 Å². The van der Waals surface area contributed by atoms with Crippen LogP contribution in [-0.2, 0) is 9.53 Å². The lowest BCUT2D eigenvalue weighted by molar-refractivity contribution is 0.299. The highest BCUT2D eigenvalue weighted by molar-refractivity contribution is 7.80. The third-order valence-electron chi connectivity index (χ3n) is 0.504. The Labute approximate surface area is 47.6 Å². The van der Waals surface area contributed by atoms with Crippen molar-refractivity contribution in [1.82, 2.24) is 0 Å². The lowest BCUT2D eigenvalue weighted by Crippen LogP contribution is -1.86. The number of thiol groups is 1. The fraction of sp³-hybridized carbons (Fsp3) is 0.500. The second-order valence-corrected chi connectivity index (χ2v) is 1.20. The summed E-state index contributed by atoms with van der Waals surface area (Å²) in [6.07, 6.45) is 0. The maximum Gasteiger partial charge on any atom is 0.188 e. The van der Waals surface area contributed by atoms with Crippen LogP contribution in [0.2, 0.25) is 0 Å². The summed E-state index contributed by atoms with van der Waals surface area (Å²) in [5.74, 6) is 2.13. The summed E-state index contributed by atoms with van der Waals surface area (Å²) in [6.45, 7) is 0. The molecule has 0 unspecified atom stereocenters. The van der Waals surface area contributed by atoms with Crippen LogP contribution < -0.4 is 0 Å². The SMILES string of the molecule is COC(=C=O)CS. The zero-order valence-corrected chi connectivity index (χ0v) is 4.87. The van der Waals surface area contributed by atoms with Crippen LogP contribution in [0.4, 0.5) is 0 Å². The summed E-state index contributed by atoms with van der Waals surface area (Å²) in [4.78, 5) is 9.63. The van der Waals surface area contributed by atoms with Gasteiger partial charge >= 0.3 is 0 Å². The third-order valence-corrected chi connectivity index (χ3v) is 0.791. The van der Waals surface area contributed by atoms with E-state index in [4.69, 9.17) is 0 Å². The summed E-state index contributed by atoms with van der Waals surface area (Å²) in [5, 5.41) is 0. The first-order chi connectivity index (χ1) is 3.35. The maximum absolute atomic E-state index is 9.63. The molecule has 0 heterocycles. The minimum absolute atomic E-state index is 0.239. The van der Waals surface area contributed by atoms with E-state index in [1.54, 1.807) is 5.94 Å². The van der Waals surface area contributed by atoms with E-state index in [-0.39, 0.29) is 5.76 Å². The van der Waals surface area contributed by atoms with Crippen LogP contribution in [0.5, 0.6) is 0 Å². The van der Waals surface area contributed by atoms with Crippen molar-refractivity contribution in [3.8, 4) is 0 Å². The molecule has 0 saturated heterocycles. The highest BCUT2D eigenvalue weighted by atomic mass is 32.1. The van der Waals surface area contributed by atoms with Crippen LogP contribution in [0.3, 0.4) is 0 Å². The molecular weight excluding hydrogens is 112 g/mol. The topological polar surface area (TPSA) is 26.3 Å². The van der Waals surface area contributed by atoms with Crippen molar-refractivity contribution in [2.45, 2.75) is 0 Å². The molecule has 0 radical (unpaired) electrons. The molecule has 7 heavy (non-hydrogen) atoms. The molecule has 2 nitrogen and oxygen atoms in total. The van der Waals surface area contributed by atoms with Crippen molar-refractivity contribution in [3.63, 3.8) is 0 Å². The second kappa shape index (κ2) is 3.78. The molecule has 0 rings (SSSR count). The van der Waals surface area contributed by atoms with Crippen molar-refractivity contribution < 1.29 is 9.53 Å². The Balaban J connectivity index is 3.61. The maximum atomic E-state index is 9.63. The largest absolute Gasteiger partial charge is 0.489 e. The van der Waals surface area contributed by atoms with Crippen LogP contribution in [0.15, 0.2) is 5.76 Å². The Morgan fingerprint density at radius 2 is 2.57 bits per heavy atom. The first-order valence-electron chi connectivity index (χ1n) is 1.74. The van der Waals surface area contributed by atoms with Crippen LogP contribution in [0, 0.1) is 0 Å². The van der Waals surface area contributed by atoms with Gasteiger partial charge in [-0.2, -0.15) is 12.6 Å². The fourth-order valence-corrected chi connectivity index (χ4v) is 0.332. The quantitative estimate of drug-likeness (QED) is 0.320. The number of carbonyl (C=O) groups excluding carboxylic acids is 1. The van der Waals surface area contributed by atoms with E-state index < -0.39 is 0 Å². The van der Waals surface area contributed by atoms with Crippen LogP contribution >= 0.6 is 12.6 Å². The van der Waals surface area contributed by atoms with Crippen molar-refractivity contribution in [1.29, 1.82) is 0 Å². The van der Waals surface area contributed by atoms with Gasteiger partial charge in [0.25, 0.3) is 0 Å². The molecule has 0 amide bonds. The summed E-state index contributed by atoms with van der Waals surface area (Å²) >= 11 is 3.75. The average Bonchev–Trinajstić information content (AvgIpc) is 1.72. The minimum atomic E-state index is 0.239. The van der Waals surface area contributed by atoms with Gasteiger partial charge in [-0.15, -0.1) is 0 Å². The van der Waals surface area contributed by atoms with Crippen LogP contribution in [0.25, 0.3) is 0 Å². The van der Waals surface area contributed by atoms with Crippen molar-refractivity contribution in [2.24, 2.45) is 0 Å². The Kier molecular flexibility index (Phi) is 3.56. The summed E-state index contributed by atoms with van der Waals surface area (Å²) in [7, 11) is 1.41. The van der Waals surface area contributed by atoms with E-state index in [1.807, 2.05) is 0 Å². The molecule has 0 atom stereocenters. The van der Waals surface area contributed by atoms with E-state index in [2.05, 4.69) is 17.4 Å². The van der Waals surface area contributed by atoms with Gasteiger partial charge in [0, 0.05) is 0 Å². The lowest BCUT2D eigenvalue weighted by atomic mass is 10.6. The first kappa shape index (κ1) is 6.60. The van der Waals surface area contributed by atoms with Gasteiger partial charge in [0.1, 0.15) is 0 Å². The number of rotatable bonds is 2. The molecule has 0 aliphatic heterocycles. The predicted octanol–water partition coefficient (Wildman–Crippen LogP) is 0.278. The highest BCUT2D eigenvalue weighted by Crippen LogP contribution is 1.88. The van der Waals surface area contributed by atoms with Gasteiger partial charge in [0.05, 0.1) is 12.9 Å². The molecule has 0 aliphatic carbocycles. The molecule has 0 N–H and O–H groups in total. The second-order valence-electron chi connectivity index (χ2n) is 0.887. The van der Waals surface area contributed by atoms with Gasteiger partial charge in [-0.1, -0.05) is 0 Å². The molecule has 3 heteroatoms. The molecular formula is C4H6O2S. The van der Waals surface area contributed by atoms with E-state index in [0.29, 0.717) is 5.75 Å². The molecule has 0 aromatic rings. The van der Waals surface area contributed by atoms with E-state index in [0.717, 1.165) is 0 Å². The Morgan fingerprint density at radius 1 is 2.00 bits per heavy atom. The minimum Gasteiger partial charge on any atom is -0.489 e. The molecule has 0 aromatic heterocycles. The predicted molar refractivity (Wildman–Crippen MR) is 30.1 cm³/mol. The van der Waals surface area contributed by atoms with E-state index in [9.17, 15) is 4.79 Å². The number of methoxy groups -OCH3 is 1. The van der Waals surface area contributed by atoms with Crippen LogP contribution in [-0.4, -0.2) is 18.8 Å². The lowest BCUT2D eigenvalue weighted by Gasteiger charge is -1.91. The Morgan fingerprint density at radius 3 is 2.57 bits per heavy atom. The van der Waals surface area contributed by atoms with E-state index >= 15 is 0 Å². The van der Waals surface area contributed by atoms with Gasteiger partial charge in [-0.05, 0) is 0 Å². The number of hydrogen-bond donors (Lipinski definition) is 1. The first-order valence-corrected chi connectivity index (χ1v) is 2.37. The van der Waals surface area contributed by atoms with Gasteiger partial charge in [0.2, 0.25) is 0 Å². The van der Waals surface area contributed by atoms with Gasteiger partial charge in [0.15, 0.2) is 11.7 Å². The Hall–Kier alpha value is -0.400. The zero-order chi connectivity index (χ0) is 5.70. The molecule has 0 saturated carbocycles. The zero-order valence-electron chi connectivity index (χ0n) is 3.97. The number of hydrogen-bond acceptors (Lipinski definition) is 3. The monoisotopic (exact) mass is 118 g/mol. The highest BCUT2D eigenvalue weighted by Gasteiger charge is 1.86. The normalized spacial score (nSPS) is 7.14. The van der Waals surface area contributed by atoms with Crippen molar-refractivity contribution in [3.05, 3.63) is 5.76 Å². The average molecular weight is 118 g/mol. The summed E-state index contributed by atoms with van der Waals surface area (Å²) in [6, 6.07) is 0. The number of ether oxygens (including phenoxy) is 1. The molecule has 0 fully saturated rings. The van der Waals surface area contributed by atoms with Gasteiger partial charge in [-0.3, -0.25) is 0 Å². The van der Waals surface area contributed by atoms with E-state index in [1.165, 1.54) is 7.11 Å². The molecule has 0 aliphatic rings. The summed E-state index contributed by atoms with van der Waals surface area (Å²) in [5.41, 5.74) is 0. The standard InChI is InChI=1S/C4H6O2S/c1-6-4(2-5)3-7/h7H,3H2,1H3. The Bertz CT molecular complexity index is 87.9. The third kappa shape index (κ3) is 2.31. The molecule has 0 spiro atoms. The molecule has 0 bridgehead atoms.